The molecule has 2 unspecified atom stereocenters. The molecule has 2 atom stereocenters. The second kappa shape index (κ2) is 5.63. The lowest BCUT2D eigenvalue weighted by molar-refractivity contribution is 0.355. The van der Waals surface area contributed by atoms with Gasteiger partial charge >= 0.3 is 0 Å². The first-order valence-electron chi connectivity index (χ1n) is 7.04. The summed E-state index contributed by atoms with van der Waals surface area (Å²) in [7, 11) is 0. The summed E-state index contributed by atoms with van der Waals surface area (Å²) < 4.78 is 0. The lowest BCUT2D eigenvalue weighted by atomic mass is 9.89. The van der Waals surface area contributed by atoms with Crippen LogP contribution in [0.15, 0.2) is 12.1 Å². The molecule has 2 heteroatoms. The molecule has 1 aliphatic rings. The molecule has 0 saturated heterocycles. The van der Waals surface area contributed by atoms with Gasteiger partial charge in [-0.15, -0.1) is 0 Å². The van der Waals surface area contributed by atoms with Gasteiger partial charge in [0.2, 0.25) is 0 Å². The van der Waals surface area contributed by atoms with Crippen LogP contribution in [0.1, 0.15) is 49.4 Å². The van der Waals surface area contributed by atoms with Crippen molar-refractivity contribution in [3.8, 4) is 0 Å². The van der Waals surface area contributed by atoms with Crippen molar-refractivity contribution in [3.05, 3.63) is 33.8 Å². The first kappa shape index (κ1) is 13.9. The first-order valence-corrected chi connectivity index (χ1v) is 7.42. The number of aryl methyl sites for hydroxylation is 2. The van der Waals surface area contributed by atoms with Gasteiger partial charge in [0.25, 0.3) is 0 Å². The van der Waals surface area contributed by atoms with Gasteiger partial charge in [0, 0.05) is 11.1 Å². The van der Waals surface area contributed by atoms with Crippen LogP contribution in [0.2, 0.25) is 5.02 Å². The molecular formula is C16H24ClN. The molecule has 0 amide bonds. The van der Waals surface area contributed by atoms with Gasteiger partial charge in [-0.3, -0.25) is 0 Å². The molecule has 18 heavy (non-hydrogen) atoms. The Morgan fingerprint density at radius 1 is 1.28 bits per heavy atom. The van der Waals surface area contributed by atoms with Crippen LogP contribution >= 0.6 is 11.6 Å². The molecule has 1 fully saturated rings. The number of halogens is 1. The molecule has 1 nitrogen and oxygen atoms in total. The molecule has 2 rings (SSSR count). The van der Waals surface area contributed by atoms with Crippen molar-refractivity contribution in [3.63, 3.8) is 0 Å². The molecule has 1 aliphatic carbocycles. The van der Waals surface area contributed by atoms with E-state index in [-0.39, 0.29) is 0 Å². The number of benzene rings is 1. The summed E-state index contributed by atoms with van der Waals surface area (Å²) in [5.74, 6) is 1.55. The quantitative estimate of drug-likeness (QED) is 0.817. The third-order valence-corrected chi connectivity index (χ3v) is 4.59. The summed E-state index contributed by atoms with van der Waals surface area (Å²) in [5, 5.41) is 4.54. The van der Waals surface area contributed by atoms with Gasteiger partial charge in [-0.25, -0.2) is 0 Å². The zero-order valence-corrected chi connectivity index (χ0v) is 12.6. The highest BCUT2D eigenvalue weighted by Gasteiger charge is 2.34. The van der Waals surface area contributed by atoms with E-state index in [4.69, 9.17) is 11.6 Å². The smallest absolute Gasteiger partial charge is 0.0456 e. The van der Waals surface area contributed by atoms with Gasteiger partial charge in [-0.05, 0) is 67.8 Å². The third kappa shape index (κ3) is 2.89. The van der Waals surface area contributed by atoms with E-state index in [2.05, 4.69) is 45.1 Å². The molecule has 0 aromatic heterocycles. The predicted molar refractivity (Wildman–Crippen MR) is 79.2 cm³/mol. The predicted octanol–water partition coefficient (Wildman–Crippen LogP) is 4.65. The Morgan fingerprint density at radius 3 is 2.44 bits per heavy atom. The second-order valence-electron chi connectivity index (χ2n) is 5.69. The maximum atomic E-state index is 6.46. The van der Waals surface area contributed by atoms with Gasteiger partial charge in [-0.2, -0.15) is 0 Å². The summed E-state index contributed by atoms with van der Waals surface area (Å²) in [4.78, 5) is 0. The van der Waals surface area contributed by atoms with Crippen molar-refractivity contribution < 1.29 is 0 Å². The molecule has 0 radical (unpaired) electrons. The summed E-state index contributed by atoms with van der Waals surface area (Å²) >= 11 is 6.46. The summed E-state index contributed by atoms with van der Waals surface area (Å²) in [5.41, 5.74) is 3.89. The lowest BCUT2D eigenvalue weighted by Crippen LogP contribution is -2.28. The highest BCUT2D eigenvalue weighted by molar-refractivity contribution is 6.31. The van der Waals surface area contributed by atoms with E-state index >= 15 is 0 Å². The molecule has 0 bridgehead atoms. The van der Waals surface area contributed by atoms with Crippen LogP contribution in [-0.2, 0) is 0 Å². The SMILES string of the molecule is CCNC(c1cc(C)c(C)cc1Cl)C(C)C1CC1. The minimum absolute atomic E-state index is 0.398. The minimum atomic E-state index is 0.398. The number of nitrogens with one attached hydrogen (secondary N) is 1. The highest BCUT2D eigenvalue weighted by Crippen LogP contribution is 2.44. The van der Waals surface area contributed by atoms with Crippen LogP contribution in [0.4, 0.5) is 0 Å². The normalized spacial score (nSPS) is 18.7. The first-order chi connectivity index (χ1) is 8.54. The van der Waals surface area contributed by atoms with E-state index in [1.807, 2.05) is 0 Å². The maximum absolute atomic E-state index is 6.46. The third-order valence-electron chi connectivity index (χ3n) is 4.26. The highest BCUT2D eigenvalue weighted by atomic mass is 35.5. The molecule has 0 spiro atoms. The molecule has 0 aliphatic heterocycles. The Kier molecular flexibility index (Phi) is 4.34. The van der Waals surface area contributed by atoms with E-state index in [1.54, 1.807) is 0 Å². The van der Waals surface area contributed by atoms with Crippen molar-refractivity contribution in [1.29, 1.82) is 0 Å². The van der Waals surface area contributed by atoms with Crippen LogP contribution in [0.3, 0.4) is 0 Å². The molecule has 1 saturated carbocycles. The topological polar surface area (TPSA) is 12.0 Å². The van der Waals surface area contributed by atoms with E-state index in [1.165, 1.54) is 29.5 Å². The number of hydrogen-bond acceptors (Lipinski definition) is 1. The van der Waals surface area contributed by atoms with Gasteiger partial charge in [0.1, 0.15) is 0 Å². The summed E-state index contributed by atoms with van der Waals surface area (Å²) in [6.07, 6.45) is 2.76. The number of hydrogen-bond donors (Lipinski definition) is 1. The van der Waals surface area contributed by atoms with Gasteiger partial charge < -0.3 is 5.32 Å². The zero-order valence-electron chi connectivity index (χ0n) is 11.9. The van der Waals surface area contributed by atoms with Crippen LogP contribution in [0.5, 0.6) is 0 Å². The Morgan fingerprint density at radius 2 is 1.89 bits per heavy atom. The summed E-state index contributed by atoms with van der Waals surface area (Å²) in [6, 6.07) is 4.77. The van der Waals surface area contributed by atoms with E-state index in [9.17, 15) is 0 Å². The Balaban J connectivity index is 2.32. The lowest BCUT2D eigenvalue weighted by Gasteiger charge is -2.27. The Labute approximate surface area is 116 Å². The van der Waals surface area contributed by atoms with Crippen LogP contribution < -0.4 is 5.32 Å². The fourth-order valence-corrected chi connectivity index (χ4v) is 3.07. The van der Waals surface area contributed by atoms with Gasteiger partial charge in [-0.1, -0.05) is 31.5 Å². The van der Waals surface area contributed by atoms with Crippen LogP contribution in [0.25, 0.3) is 0 Å². The van der Waals surface area contributed by atoms with Crippen molar-refractivity contribution in [2.75, 3.05) is 6.54 Å². The van der Waals surface area contributed by atoms with E-state index in [0.717, 1.165) is 17.5 Å². The van der Waals surface area contributed by atoms with Gasteiger partial charge in [0.05, 0.1) is 0 Å². The molecule has 1 aromatic carbocycles. The van der Waals surface area contributed by atoms with Crippen molar-refractivity contribution in [2.45, 2.75) is 46.6 Å². The molecule has 100 valence electrons. The average Bonchev–Trinajstić information content (AvgIpc) is 3.14. The maximum Gasteiger partial charge on any atom is 0.0456 e. The van der Waals surface area contributed by atoms with Crippen molar-refractivity contribution in [1.82, 2.24) is 5.32 Å². The summed E-state index contributed by atoms with van der Waals surface area (Å²) in [6.45, 7) is 9.81. The minimum Gasteiger partial charge on any atom is -0.310 e. The van der Waals surface area contributed by atoms with Crippen LogP contribution in [0, 0.1) is 25.7 Å². The monoisotopic (exact) mass is 265 g/mol. The Hall–Kier alpha value is -0.530. The Bertz CT molecular complexity index is 423. The van der Waals surface area contributed by atoms with Crippen molar-refractivity contribution in [2.24, 2.45) is 11.8 Å². The average molecular weight is 266 g/mol. The van der Waals surface area contributed by atoms with Crippen LogP contribution in [-0.4, -0.2) is 6.54 Å². The molecule has 1 N–H and O–H groups in total. The standard InChI is InChI=1S/C16H24ClN/c1-5-18-16(12(4)13-6-7-13)14-8-10(2)11(3)9-15(14)17/h8-9,12-13,16,18H,5-7H2,1-4H3. The zero-order chi connectivity index (χ0) is 13.3. The molecule has 1 aromatic rings. The van der Waals surface area contributed by atoms with Crippen molar-refractivity contribution >= 4 is 11.6 Å². The van der Waals surface area contributed by atoms with E-state index < -0.39 is 0 Å². The largest absolute Gasteiger partial charge is 0.310 e. The molecule has 0 heterocycles. The second-order valence-corrected chi connectivity index (χ2v) is 6.10. The van der Waals surface area contributed by atoms with E-state index in [0.29, 0.717) is 12.0 Å². The number of rotatable bonds is 5. The molecular weight excluding hydrogens is 242 g/mol. The van der Waals surface area contributed by atoms with Gasteiger partial charge in [0.15, 0.2) is 0 Å². The fraction of sp³-hybridized carbons (Fsp3) is 0.625. The fourth-order valence-electron chi connectivity index (χ4n) is 2.73.